The van der Waals surface area contributed by atoms with Gasteiger partial charge in [0, 0.05) is 29.7 Å². The van der Waals surface area contributed by atoms with E-state index in [0.717, 1.165) is 0 Å². The van der Waals surface area contributed by atoms with Gasteiger partial charge in [-0.15, -0.1) is 0 Å². The lowest BCUT2D eigenvalue weighted by Crippen LogP contribution is -2.36. The molecule has 1 saturated heterocycles. The summed E-state index contributed by atoms with van der Waals surface area (Å²) in [6.07, 6.45) is 0.777. The number of amides is 1. The van der Waals surface area contributed by atoms with E-state index >= 15 is 0 Å². The van der Waals surface area contributed by atoms with Crippen LogP contribution < -0.4 is 0 Å². The Morgan fingerprint density at radius 1 is 1.69 bits per heavy atom. The van der Waals surface area contributed by atoms with Gasteiger partial charge in [0.05, 0.1) is 12.5 Å². The van der Waals surface area contributed by atoms with Gasteiger partial charge in [-0.1, -0.05) is 6.92 Å². The molecule has 1 heterocycles. The summed E-state index contributed by atoms with van der Waals surface area (Å²) >= 11 is 0. The number of carbonyl (C=O) groups is 1. The van der Waals surface area contributed by atoms with Gasteiger partial charge in [0.25, 0.3) is 0 Å². The molecule has 0 aliphatic carbocycles. The Morgan fingerprint density at radius 2 is 2.31 bits per heavy atom. The summed E-state index contributed by atoms with van der Waals surface area (Å²) < 4.78 is 22.2. The van der Waals surface area contributed by atoms with Gasteiger partial charge >= 0.3 is 0 Å². The number of hydrogen-bond acceptors (Lipinski definition) is 4. The van der Waals surface area contributed by atoms with Gasteiger partial charge in [0.2, 0.25) is 15.0 Å². The molecule has 1 rings (SSSR count). The van der Waals surface area contributed by atoms with E-state index in [9.17, 15) is 13.2 Å². The van der Waals surface area contributed by atoms with Gasteiger partial charge in [0.1, 0.15) is 5.25 Å². The van der Waals surface area contributed by atoms with Crippen LogP contribution in [0.3, 0.4) is 0 Å². The lowest BCUT2D eigenvalue weighted by atomic mass is 10.1. The standard InChI is InChI=1S/C9H13ClN2O3S/c1-2-7(3-4-11)12-6-8(5-9(12)13)16(10,14)15/h7-8H,2-3,5-6H2,1H3. The quantitative estimate of drug-likeness (QED) is 0.705. The zero-order valence-corrected chi connectivity index (χ0v) is 10.5. The van der Waals surface area contributed by atoms with Crippen molar-refractivity contribution in [3.05, 3.63) is 0 Å². The van der Waals surface area contributed by atoms with Crippen molar-refractivity contribution in [1.82, 2.24) is 4.90 Å². The third kappa shape index (κ3) is 2.86. The molecule has 0 spiro atoms. The van der Waals surface area contributed by atoms with Gasteiger partial charge in [-0.25, -0.2) is 8.42 Å². The van der Waals surface area contributed by atoms with Gasteiger partial charge in [-0.05, 0) is 6.42 Å². The summed E-state index contributed by atoms with van der Waals surface area (Å²) in [5.74, 6) is -0.240. The number of rotatable bonds is 4. The zero-order chi connectivity index (χ0) is 12.3. The lowest BCUT2D eigenvalue weighted by Gasteiger charge is -2.24. The zero-order valence-electron chi connectivity index (χ0n) is 8.89. The van der Waals surface area contributed by atoms with Crippen LogP contribution in [0.2, 0.25) is 0 Å². The maximum absolute atomic E-state index is 11.6. The molecule has 1 aliphatic rings. The Kier molecular flexibility index (Phi) is 4.16. The van der Waals surface area contributed by atoms with Crippen LogP contribution in [0.5, 0.6) is 0 Å². The highest BCUT2D eigenvalue weighted by Gasteiger charge is 2.39. The Morgan fingerprint density at radius 3 is 2.69 bits per heavy atom. The molecule has 0 saturated carbocycles. The van der Waals surface area contributed by atoms with Crippen LogP contribution in [0.4, 0.5) is 0 Å². The van der Waals surface area contributed by atoms with Crippen LogP contribution in [-0.2, 0) is 13.8 Å². The molecule has 1 fully saturated rings. The first kappa shape index (κ1) is 13.3. The molecule has 0 N–H and O–H groups in total. The molecule has 1 aliphatic heterocycles. The molecule has 16 heavy (non-hydrogen) atoms. The van der Waals surface area contributed by atoms with E-state index in [4.69, 9.17) is 15.9 Å². The van der Waals surface area contributed by atoms with Crippen molar-refractivity contribution in [1.29, 1.82) is 5.26 Å². The third-order valence-electron chi connectivity index (χ3n) is 2.76. The van der Waals surface area contributed by atoms with E-state index in [1.165, 1.54) is 4.90 Å². The molecular formula is C9H13ClN2O3S. The number of nitrogens with zero attached hydrogens (tertiary/aromatic N) is 2. The molecule has 1 amide bonds. The molecular weight excluding hydrogens is 252 g/mol. The van der Waals surface area contributed by atoms with Crippen LogP contribution in [0.15, 0.2) is 0 Å². The minimum atomic E-state index is -3.70. The molecule has 0 radical (unpaired) electrons. The van der Waals surface area contributed by atoms with E-state index in [-0.39, 0.29) is 31.3 Å². The number of carbonyl (C=O) groups excluding carboxylic acids is 1. The van der Waals surface area contributed by atoms with Gasteiger partial charge in [-0.2, -0.15) is 5.26 Å². The SMILES string of the molecule is CCC(CC#N)N1CC(S(=O)(=O)Cl)CC1=O. The summed E-state index contributed by atoms with van der Waals surface area (Å²) in [5, 5.41) is 7.77. The number of halogens is 1. The van der Waals surface area contributed by atoms with Gasteiger partial charge in [0.15, 0.2) is 0 Å². The van der Waals surface area contributed by atoms with E-state index < -0.39 is 14.3 Å². The summed E-state index contributed by atoms with van der Waals surface area (Å²) in [6.45, 7) is 1.96. The number of likely N-dealkylation sites (tertiary alicyclic amines) is 1. The normalized spacial score (nSPS) is 23.2. The summed E-state index contributed by atoms with van der Waals surface area (Å²) in [7, 11) is 1.53. The maximum Gasteiger partial charge on any atom is 0.237 e. The summed E-state index contributed by atoms with van der Waals surface area (Å²) in [4.78, 5) is 13.1. The molecule has 2 unspecified atom stereocenters. The minimum absolute atomic E-state index is 0.0756. The smallest absolute Gasteiger partial charge is 0.237 e. The van der Waals surface area contributed by atoms with Crippen LogP contribution >= 0.6 is 10.7 Å². The van der Waals surface area contributed by atoms with Crippen molar-refractivity contribution in [3.8, 4) is 6.07 Å². The number of nitriles is 1. The predicted molar refractivity (Wildman–Crippen MR) is 59.2 cm³/mol. The average Bonchev–Trinajstić information content (AvgIpc) is 2.56. The second-order valence-electron chi connectivity index (χ2n) is 3.77. The van der Waals surface area contributed by atoms with Gasteiger partial charge in [-0.3, -0.25) is 4.79 Å². The molecule has 5 nitrogen and oxygen atoms in total. The molecule has 7 heteroatoms. The molecule has 0 bridgehead atoms. The molecule has 0 aromatic rings. The minimum Gasteiger partial charge on any atom is -0.337 e. The van der Waals surface area contributed by atoms with Crippen molar-refractivity contribution in [3.63, 3.8) is 0 Å². The molecule has 90 valence electrons. The first-order valence-electron chi connectivity index (χ1n) is 5.00. The fraction of sp³-hybridized carbons (Fsp3) is 0.778. The Bertz CT molecular complexity index is 415. The highest BCUT2D eigenvalue weighted by molar-refractivity contribution is 8.14. The van der Waals surface area contributed by atoms with Crippen LogP contribution in [0.1, 0.15) is 26.2 Å². The van der Waals surface area contributed by atoms with Crippen LogP contribution in [-0.4, -0.2) is 37.1 Å². The van der Waals surface area contributed by atoms with Crippen LogP contribution in [0, 0.1) is 11.3 Å². The Labute approximate surface area is 99.4 Å². The van der Waals surface area contributed by atoms with Crippen molar-refractivity contribution in [2.75, 3.05) is 6.54 Å². The van der Waals surface area contributed by atoms with E-state index in [0.29, 0.717) is 6.42 Å². The highest BCUT2D eigenvalue weighted by atomic mass is 35.7. The highest BCUT2D eigenvalue weighted by Crippen LogP contribution is 2.24. The first-order valence-corrected chi connectivity index (χ1v) is 7.37. The monoisotopic (exact) mass is 264 g/mol. The van der Waals surface area contributed by atoms with Crippen molar-refractivity contribution < 1.29 is 13.2 Å². The average molecular weight is 265 g/mol. The first-order chi connectivity index (χ1) is 7.40. The third-order valence-corrected chi connectivity index (χ3v) is 4.63. The fourth-order valence-electron chi connectivity index (χ4n) is 1.82. The fourth-order valence-corrected chi connectivity index (χ4v) is 2.86. The maximum atomic E-state index is 11.6. The van der Waals surface area contributed by atoms with E-state index in [1.807, 2.05) is 13.0 Å². The predicted octanol–water partition coefficient (Wildman–Crippen LogP) is 0.848. The Hall–Kier alpha value is -0.800. The molecule has 2 atom stereocenters. The van der Waals surface area contributed by atoms with E-state index in [2.05, 4.69) is 0 Å². The second-order valence-corrected chi connectivity index (χ2v) is 6.68. The Balaban J connectivity index is 2.79. The molecule has 0 aromatic carbocycles. The van der Waals surface area contributed by atoms with Crippen molar-refractivity contribution in [2.45, 2.75) is 37.5 Å². The summed E-state index contributed by atoms with van der Waals surface area (Å²) in [5.41, 5.74) is 0. The van der Waals surface area contributed by atoms with Crippen molar-refractivity contribution in [2.24, 2.45) is 0 Å². The van der Waals surface area contributed by atoms with E-state index in [1.54, 1.807) is 0 Å². The van der Waals surface area contributed by atoms with Gasteiger partial charge < -0.3 is 4.90 Å². The topological polar surface area (TPSA) is 78.2 Å². The van der Waals surface area contributed by atoms with Crippen molar-refractivity contribution >= 4 is 25.6 Å². The lowest BCUT2D eigenvalue weighted by molar-refractivity contribution is -0.129. The second kappa shape index (κ2) is 5.02. The van der Waals surface area contributed by atoms with Crippen LogP contribution in [0.25, 0.3) is 0 Å². The molecule has 0 aromatic heterocycles. The summed E-state index contributed by atoms with van der Waals surface area (Å²) in [6, 6.07) is 1.79. The largest absolute Gasteiger partial charge is 0.337 e. The number of hydrogen-bond donors (Lipinski definition) is 0.